The van der Waals surface area contributed by atoms with Gasteiger partial charge in [-0.15, -0.1) is 0 Å². The molecule has 0 aliphatic carbocycles. The maximum atomic E-state index is 4.13. The molecule has 0 aliphatic rings. The number of hydrogen-bond donors (Lipinski definition) is 1. The molecule has 0 aliphatic heterocycles. The lowest BCUT2D eigenvalue weighted by molar-refractivity contribution is 1.19. The molecule has 1 rings (SSSR count). The highest BCUT2D eigenvalue weighted by atomic mass is 14.9. The normalized spacial score (nSPS) is 9.27. The van der Waals surface area contributed by atoms with Gasteiger partial charge in [-0.2, -0.15) is 0 Å². The second-order valence-corrected chi connectivity index (χ2v) is 2.59. The van der Waals surface area contributed by atoms with Crippen LogP contribution in [-0.2, 0) is 0 Å². The molecule has 0 spiro atoms. The first-order valence-electron chi connectivity index (χ1n) is 3.53. The molecule has 2 heteroatoms. The third-order valence-corrected chi connectivity index (χ3v) is 1.27. The highest BCUT2D eigenvalue weighted by Gasteiger charge is 1.89. The van der Waals surface area contributed by atoms with Crippen molar-refractivity contribution >= 4 is 5.69 Å². The zero-order chi connectivity index (χ0) is 8.27. The Morgan fingerprint density at radius 2 is 2.27 bits per heavy atom. The molecule has 0 bridgehead atoms. The number of aromatic nitrogens is 1. The average molecular weight is 148 g/mol. The smallest absolute Gasteiger partial charge is 0.0568 e. The van der Waals surface area contributed by atoms with Gasteiger partial charge in [0, 0.05) is 11.4 Å². The molecule has 1 aromatic heterocycles. The molecule has 2 nitrogen and oxygen atoms in total. The Hall–Kier alpha value is -1.31. The lowest BCUT2D eigenvalue weighted by Gasteiger charge is -2.03. The largest absolute Gasteiger partial charge is 0.358 e. The van der Waals surface area contributed by atoms with Crippen LogP contribution in [0.5, 0.6) is 0 Å². The Labute approximate surface area is 67.0 Å². The quantitative estimate of drug-likeness (QED) is 0.696. The first-order chi connectivity index (χ1) is 5.18. The van der Waals surface area contributed by atoms with Crippen molar-refractivity contribution in [3.05, 3.63) is 36.3 Å². The van der Waals surface area contributed by atoms with Gasteiger partial charge in [-0.3, -0.25) is 4.98 Å². The molecule has 0 radical (unpaired) electrons. The first kappa shape index (κ1) is 7.79. The van der Waals surface area contributed by atoms with E-state index in [1.54, 1.807) is 6.20 Å². The second kappa shape index (κ2) is 3.19. The molecular weight excluding hydrogens is 136 g/mol. The third kappa shape index (κ3) is 2.42. The molecule has 0 fully saturated rings. The summed E-state index contributed by atoms with van der Waals surface area (Å²) in [6, 6.07) is 3.95. The Bertz CT molecular complexity index is 249. The van der Waals surface area contributed by atoms with Crippen LogP contribution in [-0.4, -0.2) is 4.98 Å². The molecule has 0 amide bonds. The number of pyridine rings is 1. The molecule has 0 unspecified atom stereocenters. The van der Waals surface area contributed by atoms with E-state index in [2.05, 4.69) is 16.9 Å². The van der Waals surface area contributed by atoms with Crippen LogP contribution >= 0.6 is 0 Å². The topological polar surface area (TPSA) is 24.9 Å². The van der Waals surface area contributed by atoms with Crippen molar-refractivity contribution in [1.29, 1.82) is 0 Å². The van der Waals surface area contributed by atoms with Crippen LogP contribution in [0.1, 0.15) is 12.6 Å². The van der Waals surface area contributed by atoms with Gasteiger partial charge in [-0.25, -0.2) is 0 Å². The Balaban J connectivity index is 2.74. The summed E-state index contributed by atoms with van der Waals surface area (Å²) in [7, 11) is 0. The minimum atomic E-state index is 0.927. The van der Waals surface area contributed by atoms with Gasteiger partial charge in [0.2, 0.25) is 0 Å². The van der Waals surface area contributed by atoms with Gasteiger partial charge in [-0.05, 0) is 26.0 Å². The van der Waals surface area contributed by atoms with Gasteiger partial charge in [0.25, 0.3) is 0 Å². The minimum Gasteiger partial charge on any atom is -0.358 e. The van der Waals surface area contributed by atoms with E-state index in [1.165, 1.54) is 0 Å². The lowest BCUT2D eigenvalue weighted by atomic mass is 10.3. The molecule has 11 heavy (non-hydrogen) atoms. The molecule has 0 saturated heterocycles. The maximum absolute atomic E-state index is 4.13. The van der Waals surface area contributed by atoms with E-state index in [-0.39, 0.29) is 0 Å². The number of anilines is 1. The molecule has 0 saturated carbocycles. The van der Waals surface area contributed by atoms with Crippen LogP contribution in [0, 0.1) is 6.92 Å². The van der Waals surface area contributed by atoms with Crippen LogP contribution in [0.3, 0.4) is 0 Å². The predicted molar refractivity (Wildman–Crippen MR) is 47.4 cm³/mol. The van der Waals surface area contributed by atoms with Crippen molar-refractivity contribution in [2.24, 2.45) is 0 Å². The Kier molecular flexibility index (Phi) is 2.26. The minimum absolute atomic E-state index is 0.927. The summed E-state index contributed by atoms with van der Waals surface area (Å²) in [6.45, 7) is 7.61. The summed E-state index contributed by atoms with van der Waals surface area (Å²) in [6.07, 6.45) is 1.80. The molecule has 0 atom stereocenters. The zero-order valence-electron chi connectivity index (χ0n) is 6.89. The van der Waals surface area contributed by atoms with Gasteiger partial charge in [0.05, 0.1) is 11.9 Å². The first-order valence-corrected chi connectivity index (χ1v) is 3.53. The van der Waals surface area contributed by atoms with Crippen molar-refractivity contribution in [2.45, 2.75) is 13.8 Å². The molecule has 58 valence electrons. The van der Waals surface area contributed by atoms with Gasteiger partial charge in [0.1, 0.15) is 0 Å². The van der Waals surface area contributed by atoms with Crippen molar-refractivity contribution < 1.29 is 0 Å². The summed E-state index contributed by atoms with van der Waals surface area (Å²) in [5.74, 6) is 0. The molecular formula is C9H12N2. The summed E-state index contributed by atoms with van der Waals surface area (Å²) in [5, 5.41) is 3.08. The van der Waals surface area contributed by atoms with E-state index in [4.69, 9.17) is 0 Å². The fourth-order valence-electron chi connectivity index (χ4n) is 0.788. The number of rotatable bonds is 2. The standard InChI is InChI=1S/C9H12N2/c1-7(2)11-9-5-4-8(3)10-6-9/h4-6,11H,1H2,2-3H3. The molecule has 0 aromatic carbocycles. The van der Waals surface area contributed by atoms with Gasteiger partial charge in [-0.1, -0.05) is 6.58 Å². The fourth-order valence-corrected chi connectivity index (χ4v) is 0.788. The fraction of sp³-hybridized carbons (Fsp3) is 0.222. The summed E-state index contributed by atoms with van der Waals surface area (Å²) in [4.78, 5) is 4.13. The summed E-state index contributed by atoms with van der Waals surface area (Å²) in [5.41, 5.74) is 2.94. The summed E-state index contributed by atoms with van der Waals surface area (Å²) < 4.78 is 0. The van der Waals surface area contributed by atoms with Crippen molar-refractivity contribution in [1.82, 2.24) is 4.98 Å². The number of allylic oxidation sites excluding steroid dienone is 1. The predicted octanol–water partition coefficient (Wildman–Crippen LogP) is 2.34. The van der Waals surface area contributed by atoms with Crippen LogP contribution in [0.15, 0.2) is 30.6 Å². The third-order valence-electron chi connectivity index (χ3n) is 1.27. The van der Waals surface area contributed by atoms with Crippen LogP contribution < -0.4 is 5.32 Å². The number of nitrogens with zero attached hydrogens (tertiary/aromatic N) is 1. The molecule has 1 N–H and O–H groups in total. The monoisotopic (exact) mass is 148 g/mol. The number of aryl methyl sites for hydroxylation is 1. The number of nitrogens with one attached hydrogen (secondary N) is 1. The highest BCUT2D eigenvalue weighted by molar-refractivity contribution is 5.45. The van der Waals surface area contributed by atoms with E-state index < -0.39 is 0 Å². The maximum Gasteiger partial charge on any atom is 0.0568 e. The van der Waals surface area contributed by atoms with Gasteiger partial charge >= 0.3 is 0 Å². The second-order valence-electron chi connectivity index (χ2n) is 2.59. The zero-order valence-corrected chi connectivity index (χ0v) is 6.89. The Morgan fingerprint density at radius 1 is 1.55 bits per heavy atom. The van der Waals surface area contributed by atoms with Gasteiger partial charge < -0.3 is 5.32 Å². The summed E-state index contributed by atoms with van der Waals surface area (Å²) >= 11 is 0. The average Bonchev–Trinajstić information content (AvgIpc) is 1.93. The highest BCUT2D eigenvalue weighted by Crippen LogP contribution is 2.06. The van der Waals surface area contributed by atoms with E-state index >= 15 is 0 Å². The molecule has 1 aromatic rings. The molecule has 1 heterocycles. The van der Waals surface area contributed by atoms with E-state index in [1.807, 2.05) is 26.0 Å². The van der Waals surface area contributed by atoms with E-state index in [9.17, 15) is 0 Å². The van der Waals surface area contributed by atoms with Crippen LogP contribution in [0.4, 0.5) is 5.69 Å². The van der Waals surface area contributed by atoms with E-state index in [0.717, 1.165) is 17.1 Å². The number of hydrogen-bond acceptors (Lipinski definition) is 2. The van der Waals surface area contributed by atoms with Crippen LogP contribution in [0.2, 0.25) is 0 Å². The van der Waals surface area contributed by atoms with Crippen molar-refractivity contribution in [2.75, 3.05) is 5.32 Å². The Morgan fingerprint density at radius 3 is 2.73 bits per heavy atom. The SMILES string of the molecule is C=C(C)Nc1ccc(C)nc1. The van der Waals surface area contributed by atoms with Crippen LogP contribution in [0.25, 0.3) is 0 Å². The van der Waals surface area contributed by atoms with Crippen molar-refractivity contribution in [3.8, 4) is 0 Å². The lowest BCUT2D eigenvalue weighted by Crippen LogP contribution is -1.94. The van der Waals surface area contributed by atoms with Crippen molar-refractivity contribution in [3.63, 3.8) is 0 Å². The van der Waals surface area contributed by atoms with E-state index in [0.29, 0.717) is 0 Å². The van der Waals surface area contributed by atoms with Gasteiger partial charge in [0.15, 0.2) is 0 Å².